The standard InChI is InChI=1S/C16H21FN2O5S/c1-24-14-4-3-13(17)5-11(14)6-18-7-12-8-19(25(2,22)23)10-16(12,9-18)15(20)21/h3-5,12H,6-10H2,1-2H3,(H,20,21)/t12-,16-/m0/s1. The second-order valence-corrected chi connectivity index (χ2v) is 8.82. The third kappa shape index (κ3) is 3.23. The van der Waals surface area contributed by atoms with E-state index < -0.39 is 21.4 Å². The van der Waals surface area contributed by atoms with Crippen LogP contribution in [0.25, 0.3) is 0 Å². The predicted octanol–water partition coefficient (Wildman–Crippen LogP) is 0.612. The molecule has 2 atom stereocenters. The molecule has 0 bridgehead atoms. The molecule has 0 spiro atoms. The van der Waals surface area contributed by atoms with Crippen LogP contribution >= 0.6 is 0 Å². The summed E-state index contributed by atoms with van der Waals surface area (Å²) in [4.78, 5) is 13.8. The lowest BCUT2D eigenvalue weighted by atomic mass is 9.81. The Balaban J connectivity index is 1.81. The second-order valence-electron chi connectivity index (χ2n) is 6.84. The molecule has 1 aromatic rings. The van der Waals surface area contributed by atoms with Gasteiger partial charge < -0.3 is 9.84 Å². The number of carboxylic acids is 1. The van der Waals surface area contributed by atoms with Crippen LogP contribution in [0.3, 0.4) is 0 Å². The topological polar surface area (TPSA) is 87.2 Å². The van der Waals surface area contributed by atoms with Crippen LogP contribution in [0.1, 0.15) is 5.56 Å². The van der Waals surface area contributed by atoms with E-state index in [0.29, 0.717) is 24.4 Å². The molecule has 2 saturated heterocycles. The van der Waals surface area contributed by atoms with Crippen LogP contribution < -0.4 is 4.74 Å². The number of methoxy groups -OCH3 is 1. The molecule has 9 heteroatoms. The van der Waals surface area contributed by atoms with Gasteiger partial charge in [-0.1, -0.05) is 0 Å². The molecule has 0 amide bonds. The Morgan fingerprint density at radius 1 is 1.40 bits per heavy atom. The van der Waals surface area contributed by atoms with Gasteiger partial charge in [-0.15, -0.1) is 0 Å². The molecule has 3 rings (SSSR count). The lowest BCUT2D eigenvalue weighted by Gasteiger charge is -2.25. The van der Waals surface area contributed by atoms with Gasteiger partial charge in [0, 0.05) is 44.2 Å². The minimum Gasteiger partial charge on any atom is -0.496 e. The summed E-state index contributed by atoms with van der Waals surface area (Å²) in [5.41, 5.74) is -0.480. The van der Waals surface area contributed by atoms with Gasteiger partial charge in [0.2, 0.25) is 10.0 Å². The summed E-state index contributed by atoms with van der Waals surface area (Å²) in [6.07, 6.45) is 1.10. The van der Waals surface area contributed by atoms with E-state index >= 15 is 0 Å². The van der Waals surface area contributed by atoms with Crippen molar-refractivity contribution >= 4 is 16.0 Å². The number of halogens is 1. The van der Waals surface area contributed by atoms with Gasteiger partial charge in [0.1, 0.15) is 11.6 Å². The Hall–Kier alpha value is -1.71. The monoisotopic (exact) mass is 372 g/mol. The van der Waals surface area contributed by atoms with Gasteiger partial charge in [0.25, 0.3) is 0 Å². The maximum absolute atomic E-state index is 13.5. The number of carboxylic acid groups (broad SMARTS) is 1. The number of hydrogen-bond donors (Lipinski definition) is 1. The Bertz CT molecular complexity index is 800. The van der Waals surface area contributed by atoms with Crippen LogP contribution in [0.4, 0.5) is 4.39 Å². The van der Waals surface area contributed by atoms with Crippen LogP contribution in [-0.2, 0) is 21.4 Å². The van der Waals surface area contributed by atoms with Gasteiger partial charge in [-0.25, -0.2) is 17.1 Å². The zero-order valence-corrected chi connectivity index (χ0v) is 14.9. The summed E-state index contributed by atoms with van der Waals surface area (Å²) in [5.74, 6) is -1.12. The van der Waals surface area contributed by atoms with Crippen molar-refractivity contribution in [2.45, 2.75) is 6.54 Å². The zero-order valence-electron chi connectivity index (χ0n) is 14.1. The van der Waals surface area contributed by atoms with Crippen LogP contribution in [0, 0.1) is 17.2 Å². The van der Waals surface area contributed by atoms with E-state index in [1.807, 2.05) is 4.90 Å². The highest BCUT2D eigenvalue weighted by molar-refractivity contribution is 7.88. The first-order valence-corrected chi connectivity index (χ1v) is 9.74. The average Bonchev–Trinajstić information content (AvgIpc) is 3.02. The van der Waals surface area contributed by atoms with Crippen LogP contribution in [-0.4, -0.2) is 68.2 Å². The lowest BCUT2D eigenvalue weighted by molar-refractivity contribution is -0.148. The van der Waals surface area contributed by atoms with E-state index in [-0.39, 0.29) is 31.4 Å². The normalized spacial score (nSPS) is 27.4. The predicted molar refractivity (Wildman–Crippen MR) is 88.2 cm³/mol. The maximum atomic E-state index is 13.5. The number of likely N-dealkylation sites (tertiary alicyclic amines) is 1. The van der Waals surface area contributed by atoms with Gasteiger partial charge in [-0.2, -0.15) is 0 Å². The Labute approximate surface area is 146 Å². The fourth-order valence-corrected chi connectivity index (χ4v) is 4.83. The first-order valence-electron chi connectivity index (χ1n) is 7.89. The molecular formula is C16H21FN2O5S. The number of ether oxygens (including phenoxy) is 1. The largest absolute Gasteiger partial charge is 0.496 e. The summed E-state index contributed by atoms with van der Waals surface area (Å²) in [5, 5.41) is 9.75. The first kappa shape index (κ1) is 18.1. The number of aliphatic carboxylic acids is 1. The van der Waals surface area contributed by atoms with E-state index in [0.717, 1.165) is 6.26 Å². The number of nitrogens with zero attached hydrogens (tertiary/aromatic N) is 2. The molecule has 138 valence electrons. The number of sulfonamides is 1. The molecule has 2 heterocycles. The summed E-state index contributed by atoms with van der Waals surface area (Å²) in [7, 11) is -1.93. The van der Waals surface area contributed by atoms with Gasteiger partial charge in [-0.05, 0) is 18.2 Å². The molecule has 0 saturated carbocycles. The van der Waals surface area contributed by atoms with Crippen molar-refractivity contribution in [3.63, 3.8) is 0 Å². The summed E-state index contributed by atoms with van der Waals surface area (Å²) in [6, 6.07) is 4.23. The fraction of sp³-hybridized carbons (Fsp3) is 0.562. The van der Waals surface area contributed by atoms with Crippen molar-refractivity contribution in [3.05, 3.63) is 29.6 Å². The zero-order chi connectivity index (χ0) is 18.4. The molecule has 25 heavy (non-hydrogen) atoms. The summed E-state index contributed by atoms with van der Waals surface area (Å²) < 4.78 is 43.6. The molecule has 2 aliphatic heterocycles. The van der Waals surface area contributed by atoms with Crippen molar-refractivity contribution in [2.24, 2.45) is 11.3 Å². The van der Waals surface area contributed by atoms with Gasteiger partial charge in [-0.3, -0.25) is 9.69 Å². The van der Waals surface area contributed by atoms with Crippen molar-refractivity contribution in [1.82, 2.24) is 9.21 Å². The fourth-order valence-electron chi connectivity index (χ4n) is 3.91. The highest BCUT2D eigenvalue weighted by Crippen LogP contribution is 2.44. The lowest BCUT2D eigenvalue weighted by Crippen LogP contribution is -2.41. The molecule has 0 radical (unpaired) electrons. The Morgan fingerprint density at radius 3 is 2.68 bits per heavy atom. The van der Waals surface area contributed by atoms with E-state index in [2.05, 4.69) is 0 Å². The molecule has 2 fully saturated rings. The van der Waals surface area contributed by atoms with Crippen LogP contribution in [0.5, 0.6) is 5.75 Å². The van der Waals surface area contributed by atoms with Gasteiger partial charge >= 0.3 is 5.97 Å². The SMILES string of the molecule is COc1ccc(F)cc1CN1C[C@H]2CN(S(C)(=O)=O)C[C@@]2(C(=O)O)C1. The molecular weight excluding hydrogens is 351 g/mol. The van der Waals surface area contributed by atoms with Crippen LogP contribution in [0.15, 0.2) is 18.2 Å². The Morgan fingerprint density at radius 2 is 2.12 bits per heavy atom. The molecule has 0 aromatic heterocycles. The first-order chi connectivity index (χ1) is 11.7. The Kier molecular flexibility index (Phi) is 4.50. The van der Waals surface area contributed by atoms with Gasteiger partial charge in [0.15, 0.2) is 0 Å². The second kappa shape index (κ2) is 6.22. The summed E-state index contributed by atoms with van der Waals surface area (Å²) >= 11 is 0. The molecule has 0 aliphatic carbocycles. The van der Waals surface area contributed by atoms with Crippen molar-refractivity contribution in [2.75, 3.05) is 39.5 Å². The minimum absolute atomic E-state index is 0.0252. The minimum atomic E-state index is -3.43. The van der Waals surface area contributed by atoms with Crippen molar-refractivity contribution in [3.8, 4) is 5.75 Å². The number of hydrogen-bond acceptors (Lipinski definition) is 5. The highest BCUT2D eigenvalue weighted by Gasteiger charge is 2.59. The molecule has 1 N–H and O–H groups in total. The number of carbonyl (C=O) groups is 1. The maximum Gasteiger partial charge on any atom is 0.312 e. The summed E-state index contributed by atoms with van der Waals surface area (Å²) in [6.45, 7) is 1.19. The molecule has 2 aliphatic rings. The number of rotatable bonds is 5. The van der Waals surface area contributed by atoms with E-state index in [9.17, 15) is 22.7 Å². The molecule has 1 aromatic carbocycles. The average molecular weight is 372 g/mol. The van der Waals surface area contributed by atoms with Gasteiger partial charge in [0.05, 0.1) is 18.8 Å². The highest BCUT2D eigenvalue weighted by atomic mass is 32.2. The third-order valence-electron chi connectivity index (χ3n) is 5.18. The van der Waals surface area contributed by atoms with E-state index in [4.69, 9.17) is 4.74 Å². The van der Waals surface area contributed by atoms with E-state index in [1.54, 1.807) is 6.07 Å². The van der Waals surface area contributed by atoms with Crippen molar-refractivity contribution in [1.29, 1.82) is 0 Å². The van der Waals surface area contributed by atoms with Crippen LogP contribution in [0.2, 0.25) is 0 Å². The quantitative estimate of drug-likeness (QED) is 0.815. The third-order valence-corrected chi connectivity index (χ3v) is 6.40. The van der Waals surface area contributed by atoms with Crippen molar-refractivity contribution < 1.29 is 27.4 Å². The number of fused-ring (bicyclic) bond motifs is 1. The smallest absolute Gasteiger partial charge is 0.312 e. The molecule has 7 nitrogen and oxygen atoms in total. The molecule has 0 unspecified atom stereocenters. The van der Waals surface area contributed by atoms with E-state index in [1.165, 1.54) is 23.5 Å². The number of benzene rings is 1.